The van der Waals surface area contributed by atoms with E-state index in [4.69, 9.17) is 11.6 Å². The number of aromatic nitrogens is 2. The van der Waals surface area contributed by atoms with Crippen LogP contribution in [-0.2, 0) is 0 Å². The third kappa shape index (κ3) is 3.80. The Hall–Kier alpha value is -0.350. The van der Waals surface area contributed by atoms with Crippen molar-refractivity contribution in [3.05, 3.63) is 16.9 Å². The highest BCUT2D eigenvalue weighted by atomic mass is 79.9. The molecule has 0 saturated carbocycles. The average Bonchev–Trinajstić information content (AvgIpc) is 2.17. The van der Waals surface area contributed by atoms with E-state index < -0.39 is 0 Å². The Labute approximate surface area is 97.4 Å². The lowest BCUT2D eigenvalue weighted by Gasteiger charge is -2.21. The number of anilines is 1. The summed E-state index contributed by atoms with van der Waals surface area (Å²) in [5.41, 5.74) is 0.0536. The molecule has 5 heteroatoms. The fourth-order valence-electron chi connectivity index (χ4n) is 0.769. The molecule has 14 heavy (non-hydrogen) atoms. The van der Waals surface area contributed by atoms with Crippen molar-refractivity contribution in [1.82, 2.24) is 9.97 Å². The summed E-state index contributed by atoms with van der Waals surface area (Å²) in [6.07, 6.45) is 3.42. The van der Waals surface area contributed by atoms with Crippen molar-refractivity contribution in [3.63, 3.8) is 0 Å². The standard InChI is InChI=1S/C9H13BrClN3/c1-9(2,5-11)6-14-8-12-3-7(10)4-13-8/h3-4H,5-6H2,1-2H3,(H,12,13,14). The maximum absolute atomic E-state index is 5.80. The zero-order valence-electron chi connectivity index (χ0n) is 8.22. The Morgan fingerprint density at radius 1 is 1.43 bits per heavy atom. The van der Waals surface area contributed by atoms with Crippen LogP contribution < -0.4 is 5.32 Å². The topological polar surface area (TPSA) is 37.8 Å². The summed E-state index contributed by atoms with van der Waals surface area (Å²) in [4.78, 5) is 8.21. The third-order valence-electron chi connectivity index (χ3n) is 1.71. The van der Waals surface area contributed by atoms with Gasteiger partial charge in [0.05, 0.1) is 4.47 Å². The fourth-order valence-corrected chi connectivity index (χ4v) is 1.07. The van der Waals surface area contributed by atoms with Gasteiger partial charge in [0.25, 0.3) is 0 Å². The molecular formula is C9H13BrClN3. The monoisotopic (exact) mass is 277 g/mol. The first-order chi connectivity index (χ1) is 6.53. The molecule has 0 aliphatic carbocycles. The quantitative estimate of drug-likeness (QED) is 0.861. The molecule has 0 spiro atoms. The number of alkyl halides is 1. The summed E-state index contributed by atoms with van der Waals surface area (Å²) in [5.74, 6) is 1.24. The predicted octanol–water partition coefficient (Wildman–Crippen LogP) is 2.92. The first kappa shape index (κ1) is 11.7. The summed E-state index contributed by atoms with van der Waals surface area (Å²) >= 11 is 9.07. The van der Waals surface area contributed by atoms with E-state index in [1.54, 1.807) is 12.4 Å². The lowest BCUT2D eigenvalue weighted by atomic mass is 9.97. The minimum absolute atomic E-state index is 0.0536. The number of halogens is 2. The molecule has 0 bridgehead atoms. The average molecular weight is 279 g/mol. The second-order valence-electron chi connectivity index (χ2n) is 3.88. The smallest absolute Gasteiger partial charge is 0.222 e. The normalized spacial score (nSPS) is 11.4. The molecule has 0 aliphatic heterocycles. The molecule has 1 aromatic heterocycles. The van der Waals surface area contributed by atoms with Crippen LogP contribution in [0.2, 0.25) is 0 Å². The molecule has 1 aromatic rings. The van der Waals surface area contributed by atoms with Crippen molar-refractivity contribution < 1.29 is 0 Å². The molecular weight excluding hydrogens is 265 g/mol. The molecule has 0 aromatic carbocycles. The van der Waals surface area contributed by atoms with Gasteiger partial charge in [-0.2, -0.15) is 0 Å². The van der Waals surface area contributed by atoms with Gasteiger partial charge < -0.3 is 5.32 Å². The van der Waals surface area contributed by atoms with Crippen molar-refractivity contribution in [2.75, 3.05) is 17.7 Å². The highest BCUT2D eigenvalue weighted by molar-refractivity contribution is 9.10. The highest BCUT2D eigenvalue weighted by Gasteiger charge is 2.16. The Bertz CT molecular complexity index is 287. The molecule has 0 amide bonds. The van der Waals surface area contributed by atoms with Crippen LogP contribution in [0, 0.1) is 5.41 Å². The molecule has 0 fully saturated rings. The van der Waals surface area contributed by atoms with Crippen molar-refractivity contribution >= 4 is 33.5 Å². The second-order valence-corrected chi connectivity index (χ2v) is 5.06. The summed E-state index contributed by atoms with van der Waals surface area (Å²) in [5, 5.41) is 3.14. The van der Waals surface area contributed by atoms with Crippen LogP contribution in [0.4, 0.5) is 5.95 Å². The van der Waals surface area contributed by atoms with E-state index in [0.29, 0.717) is 11.8 Å². The number of hydrogen-bond acceptors (Lipinski definition) is 3. The maximum Gasteiger partial charge on any atom is 0.222 e. The van der Waals surface area contributed by atoms with E-state index in [0.717, 1.165) is 11.0 Å². The van der Waals surface area contributed by atoms with E-state index in [1.807, 2.05) is 0 Å². The van der Waals surface area contributed by atoms with Crippen LogP contribution in [-0.4, -0.2) is 22.4 Å². The van der Waals surface area contributed by atoms with Crippen molar-refractivity contribution in [3.8, 4) is 0 Å². The van der Waals surface area contributed by atoms with Crippen LogP contribution in [0.15, 0.2) is 16.9 Å². The second kappa shape index (κ2) is 4.94. The summed E-state index contributed by atoms with van der Waals surface area (Å²) in [6.45, 7) is 4.94. The first-order valence-corrected chi connectivity index (χ1v) is 5.64. The molecule has 0 saturated heterocycles. The van der Waals surface area contributed by atoms with Crippen molar-refractivity contribution in [2.45, 2.75) is 13.8 Å². The molecule has 78 valence electrons. The highest BCUT2D eigenvalue weighted by Crippen LogP contribution is 2.17. The van der Waals surface area contributed by atoms with Gasteiger partial charge in [-0.15, -0.1) is 11.6 Å². The van der Waals surface area contributed by atoms with E-state index in [2.05, 4.69) is 45.1 Å². The van der Waals surface area contributed by atoms with E-state index in [-0.39, 0.29) is 5.41 Å². The number of nitrogens with one attached hydrogen (secondary N) is 1. The Morgan fingerprint density at radius 3 is 2.50 bits per heavy atom. The van der Waals surface area contributed by atoms with Crippen LogP contribution >= 0.6 is 27.5 Å². The van der Waals surface area contributed by atoms with Crippen molar-refractivity contribution in [2.24, 2.45) is 5.41 Å². The van der Waals surface area contributed by atoms with E-state index >= 15 is 0 Å². The van der Waals surface area contributed by atoms with Crippen LogP contribution in [0.25, 0.3) is 0 Å². The van der Waals surface area contributed by atoms with Crippen LogP contribution in [0.5, 0.6) is 0 Å². The molecule has 1 heterocycles. The van der Waals surface area contributed by atoms with Gasteiger partial charge in [-0.3, -0.25) is 0 Å². The molecule has 0 unspecified atom stereocenters. The van der Waals surface area contributed by atoms with Gasteiger partial charge in [0, 0.05) is 24.8 Å². The van der Waals surface area contributed by atoms with Crippen LogP contribution in [0.1, 0.15) is 13.8 Å². The molecule has 0 aliphatic rings. The van der Waals surface area contributed by atoms with Crippen LogP contribution in [0.3, 0.4) is 0 Å². The van der Waals surface area contributed by atoms with Gasteiger partial charge in [-0.25, -0.2) is 9.97 Å². The Balaban J connectivity index is 2.50. The third-order valence-corrected chi connectivity index (χ3v) is 2.84. The number of nitrogens with zero attached hydrogens (tertiary/aromatic N) is 2. The summed E-state index contributed by atoms with van der Waals surface area (Å²) < 4.78 is 0.875. The fraction of sp³-hybridized carbons (Fsp3) is 0.556. The maximum atomic E-state index is 5.80. The minimum atomic E-state index is 0.0536. The largest absolute Gasteiger partial charge is 0.354 e. The van der Waals surface area contributed by atoms with Gasteiger partial charge >= 0.3 is 0 Å². The zero-order chi connectivity index (χ0) is 10.6. The SMILES string of the molecule is CC(C)(CCl)CNc1ncc(Br)cn1. The predicted molar refractivity (Wildman–Crippen MR) is 62.7 cm³/mol. The Morgan fingerprint density at radius 2 is 2.00 bits per heavy atom. The van der Waals surface area contributed by atoms with Gasteiger partial charge in [-0.1, -0.05) is 13.8 Å². The van der Waals surface area contributed by atoms with Gasteiger partial charge in [0.15, 0.2) is 0 Å². The lowest BCUT2D eigenvalue weighted by Crippen LogP contribution is -2.25. The molecule has 1 N–H and O–H groups in total. The van der Waals surface area contributed by atoms with Gasteiger partial charge in [0.2, 0.25) is 5.95 Å². The van der Waals surface area contributed by atoms with Gasteiger partial charge in [-0.05, 0) is 21.3 Å². The van der Waals surface area contributed by atoms with Gasteiger partial charge in [0.1, 0.15) is 0 Å². The number of hydrogen-bond donors (Lipinski definition) is 1. The molecule has 0 atom stereocenters. The Kier molecular flexibility index (Phi) is 4.13. The molecule has 3 nitrogen and oxygen atoms in total. The minimum Gasteiger partial charge on any atom is -0.354 e. The summed E-state index contributed by atoms with van der Waals surface area (Å²) in [6, 6.07) is 0. The van der Waals surface area contributed by atoms with Crippen molar-refractivity contribution in [1.29, 1.82) is 0 Å². The van der Waals surface area contributed by atoms with E-state index in [9.17, 15) is 0 Å². The number of rotatable bonds is 4. The lowest BCUT2D eigenvalue weighted by molar-refractivity contribution is 0.449. The molecule has 0 radical (unpaired) electrons. The first-order valence-electron chi connectivity index (χ1n) is 4.31. The van der Waals surface area contributed by atoms with E-state index in [1.165, 1.54) is 0 Å². The zero-order valence-corrected chi connectivity index (χ0v) is 10.6. The molecule has 1 rings (SSSR count). The summed E-state index contributed by atoms with van der Waals surface area (Å²) in [7, 11) is 0.